The first-order valence-corrected chi connectivity index (χ1v) is 8.60. The Morgan fingerprint density at radius 1 is 1.22 bits per heavy atom. The zero-order valence-corrected chi connectivity index (χ0v) is 12.6. The molecule has 0 aromatic rings. The molecule has 1 aliphatic heterocycles. The molecule has 0 aromatic heterocycles. The molecule has 1 fully saturated rings. The Balaban J connectivity index is 2.44. The summed E-state index contributed by atoms with van der Waals surface area (Å²) in [7, 11) is -2.95. The maximum absolute atomic E-state index is 12.2. The Morgan fingerprint density at radius 2 is 1.78 bits per heavy atom. The van der Waals surface area contributed by atoms with Gasteiger partial charge in [-0.05, 0) is 46.2 Å². The summed E-state index contributed by atoms with van der Waals surface area (Å²) in [6.07, 6.45) is 3.12. The van der Waals surface area contributed by atoms with Crippen LogP contribution in [0.3, 0.4) is 0 Å². The van der Waals surface area contributed by atoms with Crippen LogP contribution in [0.2, 0.25) is 0 Å². The molecular formula is C13H25NO3S. The Labute approximate surface area is 111 Å². The molecule has 1 rings (SSSR count). The minimum Gasteiger partial charge on any atom is -0.298 e. The highest BCUT2D eigenvalue weighted by atomic mass is 32.2. The van der Waals surface area contributed by atoms with E-state index in [2.05, 4.69) is 4.90 Å². The first kappa shape index (κ1) is 15.6. The second-order valence-electron chi connectivity index (χ2n) is 5.52. The van der Waals surface area contributed by atoms with Crippen LogP contribution >= 0.6 is 0 Å². The van der Waals surface area contributed by atoms with Gasteiger partial charge in [0, 0.05) is 12.2 Å². The Kier molecular flexibility index (Phi) is 5.34. The van der Waals surface area contributed by atoms with E-state index in [1.165, 1.54) is 0 Å². The van der Waals surface area contributed by atoms with Gasteiger partial charge in [0.15, 0.2) is 5.78 Å². The van der Waals surface area contributed by atoms with Crippen LogP contribution in [0.4, 0.5) is 0 Å². The van der Waals surface area contributed by atoms with E-state index in [1.54, 1.807) is 6.92 Å². The van der Waals surface area contributed by atoms with Gasteiger partial charge in [0.05, 0.1) is 11.3 Å². The van der Waals surface area contributed by atoms with Gasteiger partial charge in [0.2, 0.25) is 0 Å². The van der Waals surface area contributed by atoms with E-state index in [-0.39, 0.29) is 17.3 Å². The average Bonchev–Trinajstić information content (AvgIpc) is 2.82. The number of ketones is 1. The van der Waals surface area contributed by atoms with Crippen molar-refractivity contribution in [2.45, 2.75) is 52.0 Å². The van der Waals surface area contributed by atoms with Gasteiger partial charge >= 0.3 is 0 Å². The molecule has 0 aliphatic carbocycles. The van der Waals surface area contributed by atoms with Crippen LogP contribution in [0.5, 0.6) is 0 Å². The molecule has 0 unspecified atom stereocenters. The lowest BCUT2D eigenvalue weighted by molar-refractivity contribution is -0.128. The topological polar surface area (TPSA) is 54.5 Å². The molecule has 0 spiro atoms. The van der Waals surface area contributed by atoms with E-state index in [1.807, 2.05) is 13.8 Å². The average molecular weight is 275 g/mol. The summed E-state index contributed by atoms with van der Waals surface area (Å²) in [5, 5.41) is 0. The predicted octanol–water partition coefficient (Wildman–Crippen LogP) is 1.64. The zero-order valence-electron chi connectivity index (χ0n) is 11.7. The van der Waals surface area contributed by atoms with Crippen molar-refractivity contribution >= 4 is 15.6 Å². The van der Waals surface area contributed by atoms with E-state index in [0.29, 0.717) is 12.8 Å². The molecule has 1 aliphatic rings. The van der Waals surface area contributed by atoms with Gasteiger partial charge in [-0.2, -0.15) is 0 Å². The molecule has 4 nitrogen and oxygen atoms in total. The van der Waals surface area contributed by atoms with E-state index in [4.69, 9.17) is 0 Å². The fraction of sp³-hybridized carbons (Fsp3) is 0.923. The molecule has 0 bridgehead atoms. The van der Waals surface area contributed by atoms with E-state index < -0.39 is 15.4 Å². The number of likely N-dealkylation sites (tertiary alicyclic amines) is 1. The number of hydrogen-bond donors (Lipinski definition) is 0. The van der Waals surface area contributed by atoms with Crippen LogP contribution in [0.1, 0.15) is 46.5 Å². The molecule has 0 saturated carbocycles. The molecule has 0 aromatic carbocycles. The summed E-state index contributed by atoms with van der Waals surface area (Å²) in [6.45, 7) is 7.51. The van der Waals surface area contributed by atoms with Crippen LogP contribution in [-0.2, 0) is 14.6 Å². The van der Waals surface area contributed by atoms with Crippen LogP contribution in [-0.4, -0.2) is 49.2 Å². The van der Waals surface area contributed by atoms with Gasteiger partial charge in [0.1, 0.15) is 9.84 Å². The highest BCUT2D eigenvalue weighted by Gasteiger charge is 2.35. The zero-order chi connectivity index (χ0) is 13.8. The minimum absolute atomic E-state index is 0.130. The van der Waals surface area contributed by atoms with Crippen molar-refractivity contribution < 1.29 is 13.2 Å². The normalized spacial score (nSPS) is 18.2. The maximum Gasteiger partial charge on any atom is 0.152 e. The standard InChI is InChI=1S/C13H25NO3S/c1-4-18(16,17)11-7-8-12(15)13(2,3)14-9-5-6-10-14/h4-11H2,1-3H3. The number of carbonyl (C=O) groups is 1. The second-order valence-corrected chi connectivity index (χ2v) is 7.99. The van der Waals surface area contributed by atoms with Gasteiger partial charge in [0.25, 0.3) is 0 Å². The number of Topliss-reactive ketones (excluding diaryl/α,β-unsaturated/α-hetero) is 1. The van der Waals surface area contributed by atoms with E-state index in [9.17, 15) is 13.2 Å². The molecule has 0 amide bonds. The molecular weight excluding hydrogens is 250 g/mol. The van der Waals surface area contributed by atoms with Crippen molar-refractivity contribution in [1.29, 1.82) is 0 Å². The van der Waals surface area contributed by atoms with Crippen molar-refractivity contribution in [1.82, 2.24) is 4.90 Å². The van der Waals surface area contributed by atoms with Gasteiger partial charge in [-0.25, -0.2) is 8.42 Å². The summed E-state index contributed by atoms with van der Waals surface area (Å²) in [5.41, 5.74) is -0.438. The van der Waals surface area contributed by atoms with Crippen molar-refractivity contribution in [3.8, 4) is 0 Å². The quantitative estimate of drug-likeness (QED) is 0.709. The predicted molar refractivity (Wildman–Crippen MR) is 73.5 cm³/mol. The lowest BCUT2D eigenvalue weighted by Crippen LogP contribution is -2.48. The lowest BCUT2D eigenvalue weighted by atomic mass is 9.94. The highest BCUT2D eigenvalue weighted by Crippen LogP contribution is 2.23. The van der Waals surface area contributed by atoms with E-state index >= 15 is 0 Å². The number of rotatable bonds is 7. The second kappa shape index (κ2) is 6.15. The fourth-order valence-corrected chi connectivity index (χ4v) is 3.23. The van der Waals surface area contributed by atoms with Gasteiger partial charge < -0.3 is 0 Å². The summed E-state index contributed by atoms with van der Waals surface area (Å²) in [4.78, 5) is 14.4. The third-order valence-electron chi connectivity index (χ3n) is 3.88. The van der Waals surface area contributed by atoms with Crippen molar-refractivity contribution in [3.05, 3.63) is 0 Å². The SMILES string of the molecule is CCS(=O)(=O)CCCC(=O)C(C)(C)N1CCCC1. The molecule has 0 radical (unpaired) electrons. The largest absolute Gasteiger partial charge is 0.298 e. The first-order valence-electron chi connectivity index (χ1n) is 6.78. The Hall–Kier alpha value is -0.420. The summed E-state index contributed by atoms with van der Waals surface area (Å²) in [6, 6.07) is 0. The monoisotopic (exact) mass is 275 g/mol. The van der Waals surface area contributed by atoms with Gasteiger partial charge in [-0.1, -0.05) is 6.92 Å². The van der Waals surface area contributed by atoms with Gasteiger partial charge in [-0.15, -0.1) is 0 Å². The third-order valence-corrected chi connectivity index (χ3v) is 5.67. The Bertz CT molecular complexity index is 381. The summed E-state index contributed by atoms with van der Waals surface area (Å²) in [5.74, 6) is 0.456. The van der Waals surface area contributed by atoms with Crippen molar-refractivity contribution in [2.24, 2.45) is 0 Å². The molecule has 0 atom stereocenters. The van der Waals surface area contributed by atoms with Gasteiger partial charge in [-0.3, -0.25) is 9.69 Å². The van der Waals surface area contributed by atoms with Crippen LogP contribution in [0.25, 0.3) is 0 Å². The molecule has 106 valence electrons. The Morgan fingerprint density at radius 3 is 2.28 bits per heavy atom. The van der Waals surface area contributed by atoms with Crippen LogP contribution in [0.15, 0.2) is 0 Å². The molecule has 5 heteroatoms. The lowest BCUT2D eigenvalue weighted by Gasteiger charge is -2.33. The number of sulfone groups is 1. The van der Waals surface area contributed by atoms with Crippen LogP contribution < -0.4 is 0 Å². The fourth-order valence-electron chi connectivity index (χ4n) is 2.36. The smallest absolute Gasteiger partial charge is 0.152 e. The van der Waals surface area contributed by atoms with Crippen molar-refractivity contribution in [3.63, 3.8) is 0 Å². The number of carbonyl (C=O) groups excluding carboxylic acids is 1. The molecule has 1 heterocycles. The number of nitrogens with zero attached hydrogens (tertiary/aromatic N) is 1. The van der Waals surface area contributed by atoms with E-state index in [0.717, 1.165) is 25.9 Å². The summed E-state index contributed by atoms with van der Waals surface area (Å²) >= 11 is 0. The first-order chi connectivity index (χ1) is 8.29. The minimum atomic E-state index is -2.95. The van der Waals surface area contributed by atoms with Crippen LogP contribution in [0, 0.1) is 0 Å². The molecule has 1 saturated heterocycles. The highest BCUT2D eigenvalue weighted by molar-refractivity contribution is 7.91. The van der Waals surface area contributed by atoms with Crippen molar-refractivity contribution in [2.75, 3.05) is 24.6 Å². The maximum atomic E-state index is 12.2. The number of hydrogen-bond acceptors (Lipinski definition) is 4. The molecule has 18 heavy (non-hydrogen) atoms. The molecule has 0 N–H and O–H groups in total. The third kappa shape index (κ3) is 4.05. The summed E-state index contributed by atoms with van der Waals surface area (Å²) < 4.78 is 22.7.